The Hall–Kier alpha value is -2.55. The summed E-state index contributed by atoms with van der Waals surface area (Å²) in [5.41, 5.74) is 0.829. The van der Waals surface area contributed by atoms with E-state index in [1.807, 2.05) is 42.5 Å². The number of ether oxygens (including phenoxy) is 2. The minimum absolute atomic E-state index is 0.419. The van der Waals surface area contributed by atoms with Crippen molar-refractivity contribution >= 4 is 12.0 Å². The number of methoxy groups -OCH3 is 1. The molecule has 0 fully saturated rings. The smallest absolute Gasteiger partial charge is 0.336 e. The van der Waals surface area contributed by atoms with Crippen LogP contribution in [0.1, 0.15) is 5.56 Å². The van der Waals surface area contributed by atoms with Crippen molar-refractivity contribution in [2.45, 2.75) is 0 Å². The number of benzene rings is 2. The first-order valence-electron chi connectivity index (χ1n) is 5.87. The number of hydrogen-bond acceptors (Lipinski definition) is 3. The Morgan fingerprint density at radius 1 is 1.00 bits per heavy atom. The topological polar surface area (TPSA) is 35.5 Å². The van der Waals surface area contributed by atoms with E-state index >= 15 is 0 Å². The predicted octanol–water partition coefficient (Wildman–Crippen LogP) is 3.31. The van der Waals surface area contributed by atoms with E-state index in [0.29, 0.717) is 11.5 Å². The van der Waals surface area contributed by atoms with Crippen LogP contribution in [0, 0.1) is 0 Å². The Morgan fingerprint density at radius 2 is 1.68 bits per heavy atom. The van der Waals surface area contributed by atoms with Crippen molar-refractivity contribution in [3.8, 4) is 11.5 Å². The van der Waals surface area contributed by atoms with Crippen molar-refractivity contribution < 1.29 is 14.3 Å². The van der Waals surface area contributed by atoms with Crippen LogP contribution in [0.15, 0.2) is 60.7 Å². The van der Waals surface area contributed by atoms with Gasteiger partial charge in [0.25, 0.3) is 0 Å². The standard InChI is InChI=1S/C16H14O3/c1-18-15-10-6-5-7-13(15)11-12-16(17)19-14-8-3-2-4-9-14/h2-12H,1H3/b12-11+. The summed E-state index contributed by atoms with van der Waals surface area (Å²) >= 11 is 0. The first-order valence-corrected chi connectivity index (χ1v) is 5.87. The fourth-order valence-corrected chi connectivity index (χ4v) is 1.60. The molecule has 19 heavy (non-hydrogen) atoms. The van der Waals surface area contributed by atoms with Gasteiger partial charge in [-0.25, -0.2) is 4.79 Å². The highest BCUT2D eigenvalue weighted by molar-refractivity contribution is 5.89. The molecule has 0 radical (unpaired) electrons. The summed E-state index contributed by atoms with van der Waals surface area (Å²) in [6.07, 6.45) is 3.05. The molecule has 0 unspecified atom stereocenters. The van der Waals surface area contributed by atoms with Crippen molar-refractivity contribution in [1.29, 1.82) is 0 Å². The van der Waals surface area contributed by atoms with Gasteiger partial charge in [-0.05, 0) is 24.3 Å². The van der Waals surface area contributed by atoms with Gasteiger partial charge in [-0.2, -0.15) is 0 Å². The molecule has 0 saturated carbocycles. The zero-order chi connectivity index (χ0) is 13.5. The Kier molecular flexibility index (Phi) is 4.34. The molecule has 3 nitrogen and oxygen atoms in total. The van der Waals surface area contributed by atoms with Gasteiger partial charge in [0.2, 0.25) is 0 Å². The summed E-state index contributed by atoms with van der Waals surface area (Å²) in [4.78, 5) is 11.6. The summed E-state index contributed by atoms with van der Waals surface area (Å²) in [5.74, 6) is 0.820. The minimum Gasteiger partial charge on any atom is -0.496 e. The summed E-state index contributed by atoms with van der Waals surface area (Å²) < 4.78 is 10.3. The molecular formula is C16H14O3. The largest absolute Gasteiger partial charge is 0.496 e. The van der Waals surface area contributed by atoms with Gasteiger partial charge >= 0.3 is 5.97 Å². The summed E-state index contributed by atoms with van der Waals surface area (Å²) in [5, 5.41) is 0. The molecule has 2 aromatic rings. The number of carbonyl (C=O) groups excluding carboxylic acids is 1. The molecule has 0 spiro atoms. The first-order chi connectivity index (χ1) is 9.29. The average Bonchev–Trinajstić information content (AvgIpc) is 2.46. The van der Waals surface area contributed by atoms with Crippen LogP contribution < -0.4 is 9.47 Å². The van der Waals surface area contributed by atoms with Crippen molar-refractivity contribution in [3.63, 3.8) is 0 Å². The highest BCUT2D eigenvalue weighted by Gasteiger charge is 2.01. The van der Waals surface area contributed by atoms with Crippen LogP contribution >= 0.6 is 0 Å². The van der Waals surface area contributed by atoms with Gasteiger partial charge < -0.3 is 9.47 Å². The molecule has 0 heterocycles. The van der Waals surface area contributed by atoms with Crippen molar-refractivity contribution in [2.24, 2.45) is 0 Å². The quantitative estimate of drug-likeness (QED) is 0.477. The minimum atomic E-state index is -0.419. The van der Waals surface area contributed by atoms with Crippen LogP contribution in [0.3, 0.4) is 0 Å². The molecule has 0 bridgehead atoms. The number of esters is 1. The maximum Gasteiger partial charge on any atom is 0.336 e. The molecule has 3 heteroatoms. The van der Waals surface area contributed by atoms with E-state index in [2.05, 4.69) is 0 Å². The molecule has 0 aliphatic carbocycles. The van der Waals surface area contributed by atoms with Crippen molar-refractivity contribution in [3.05, 3.63) is 66.2 Å². The number of carbonyl (C=O) groups is 1. The monoisotopic (exact) mass is 254 g/mol. The van der Waals surface area contributed by atoms with E-state index in [1.54, 1.807) is 25.3 Å². The molecular weight excluding hydrogens is 240 g/mol. The maximum absolute atomic E-state index is 11.6. The third-order valence-electron chi connectivity index (χ3n) is 2.50. The van der Waals surface area contributed by atoms with E-state index in [4.69, 9.17) is 9.47 Å². The highest BCUT2D eigenvalue weighted by Crippen LogP contribution is 2.18. The highest BCUT2D eigenvalue weighted by atomic mass is 16.5. The SMILES string of the molecule is COc1ccccc1/C=C/C(=O)Oc1ccccc1. The van der Waals surface area contributed by atoms with Gasteiger partial charge in [-0.1, -0.05) is 36.4 Å². The Bertz CT molecular complexity index is 574. The lowest BCUT2D eigenvalue weighted by Gasteiger charge is -2.03. The second kappa shape index (κ2) is 6.40. The van der Waals surface area contributed by atoms with E-state index in [9.17, 15) is 4.79 Å². The molecule has 2 rings (SSSR count). The third-order valence-corrected chi connectivity index (χ3v) is 2.50. The van der Waals surface area contributed by atoms with Crippen LogP contribution in [0.4, 0.5) is 0 Å². The van der Waals surface area contributed by atoms with Gasteiger partial charge in [-0.3, -0.25) is 0 Å². The summed E-state index contributed by atoms with van der Waals surface area (Å²) in [7, 11) is 1.59. The van der Waals surface area contributed by atoms with Crippen LogP contribution in [0.25, 0.3) is 6.08 Å². The van der Waals surface area contributed by atoms with Crippen LogP contribution in [0.5, 0.6) is 11.5 Å². The van der Waals surface area contributed by atoms with Gasteiger partial charge in [0.05, 0.1) is 7.11 Å². The maximum atomic E-state index is 11.6. The zero-order valence-corrected chi connectivity index (χ0v) is 10.6. The number of para-hydroxylation sites is 2. The van der Waals surface area contributed by atoms with Crippen LogP contribution in [0.2, 0.25) is 0 Å². The first kappa shape index (κ1) is 12.9. The van der Waals surface area contributed by atoms with Crippen LogP contribution in [-0.4, -0.2) is 13.1 Å². The third kappa shape index (κ3) is 3.71. The summed E-state index contributed by atoms with van der Waals surface area (Å²) in [6, 6.07) is 16.4. The number of hydrogen-bond donors (Lipinski definition) is 0. The fraction of sp³-hybridized carbons (Fsp3) is 0.0625. The van der Waals surface area contributed by atoms with Crippen molar-refractivity contribution in [1.82, 2.24) is 0 Å². The van der Waals surface area contributed by atoms with E-state index in [1.165, 1.54) is 6.08 Å². The Balaban J connectivity index is 2.04. The normalized spacial score (nSPS) is 10.4. The molecule has 0 atom stereocenters. The van der Waals surface area contributed by atoms with Crippen LogP contribution in [-0.2, 0) is 4.79 Å². The van der Waals surface area contributed by atoms with E-state index in [-0.39, 0.29) is 0 Å². The Labute approximate surface area is 112 Å². The summed E-state index contributed by atoms with van der Waals surface area (Å²) in [6.45, 7) is 0. The molecule has 0 N–H and O–H groups in total. The van der Waals surface area contributed by atoms with Gasteiger partial charge in [0, 0.05) is 11.6 Å². The molecule has 0 aliphatic rings. The predicted molar refractivity (Wildman–Crippen MR) is 74.1 cm³/mol. The van der Waals surface area contributed by atoms with Gasteiger partial charge in [-0.15, -0.1) is 0 Å². The fourth-order valence-electron chi connectivity index (χ4n) is 1.60. The molecule has 0 amide bonds. The molecule has 2 aromatic carbocycles. The number of rotatable bonds is 4. The lowest BCUT2D eigenvalue weighted by atomic mass is 10.2. The van der Waals surface area contributed by atoms with E-state index < -0.39 is 5.97 Å². The second-order valence-electron chi connectivity index (χ2n) is 3.81. The van der Waals surface area contributed by atoms with E-state index in [0.717, 1.165) is 5.56 Å². The van der Waals surface area contributed by atoms with Crippen molar-refractivity contribution in [2.75, 3.05) is 7.11 Å². The molecule has 96 valence electrons. The zero-order valence-electron chi connectivity index (χ0n) is 10.6. The lowest BCUT2D eigenvalue weighted by Crippen LogP contribution is -2.03. The molecule has 0 aromatic heterocycles. The van der Waals surface area contributed by atoms with Gasteiger partial charge in [0.1, 0.15) is 11.5 Å². The second-order valence-corrected chi connectivity index (χ2v) is 3.81. The van der Waals surface area contributed by atoms with Gasteiger partial charge in [0.15, 0.2) is 0 Å². The molecule has 0 aliphatic heterocycles. The Morgan fingerprint density at radius 3 is 2.42 bits per heavy atom. The molecule has 0 saturated heterocycles. The lowest BCUT2D eigenvalue weighted by molar-refractivity contribution is -0.128. The average molecular weight is 254 g/mol.